The van der Waals surface area contributed by atoms with Crippen molar-refractivity contribution < 1.29 is 5.11 Å². The number of nitrogens with one attached hydrogen (secondary N) is 2. The summed E-state index contributed by atoms with van der Waals surface area (Å²) in [6.45, 7) is 7.08. The number of likely N-dealkylation sites (tertiary alicyclic amines) is 1. The SMILES string of the molecule is CCc1n[nH]c(CN2CC3CNCC3(CO)C2)n1. The van der Waals surface area contributed by atoms with E-state index in [-0.39, 0.29) is 12.0 Å². The molecule has 0 aromatic carbocycles. The van der Waals surface area contributed by atoms with Crippen LogP contribution in [0, 0.1) is 11.3 Å². The van der Waals surface area contributed by atoms with Crippen molar-refractivity contribution in [3.05, 3.63) is 11.6 Å². The highest BCUT2D eigenvalue weighted by Gasteiger charge is 2.49. The summed E-state index contributed by atoms with van der Waals surface area (Å²) in [5.74, 6) is 2.38. The predicted octanol–water partition coefficient (Wildman–Crippen LogP) is -0.619. The van der Waals surface area contributed by atoms with Crippen molar-refractivity contribution in [2.75, 3.05) is 32.8 Å². The van der Waals surface area contributed by atoms with Crippen LogP contribution in [-0.4, -0.2) is 58.0 Å². The van der Waals surface area contributed by atoms with Gasteiger partial charge in [-0.05, 0) is 12.5 Å². The lowest BCUT2D eigenvalue weighted by molar-refractivity contribution is 0.123. The van der Waals surface area contributed by atoms with Crippen LogP contribution in [-0.2, 0) is 13.0 Å². The van der Waals surface area contributed by atoms with Gasteiger partial charge < -0.3 is 10.4 Å². The number of aromatic amines is 1. The summed E-state index contributed by atoms with van der Waals surface area (Å²) in [7, 11) is 0. The number of hydrogen-bond donors (Lipinski definition) is 3. The maximum Gasteiger partial charge on any atom is 0.150 e. The van der Waals surface area contributed by atoms with E-state index in [1.165, 1.54) is 0 Å². The first-order valence-corrected chi connectivity index (χ1v) is 6.70. The topological polar surface area (TPSA) is 77.1 Å². The Bertz CT molecular complexity index is 420. The Labute approximate surface area is 107 Å². The molecule has 0 spiro atoms. The van der Waals surface area contributed by atoms with E-state index in [1.807, 2.05) is 0 Å². The first-order valence-electron chi connectivity index (χ1n) is 6.70. The van der Waals surface area contributed by atoms with E-state index in [1.54, 1.807) is 0 Å². The Morgan fingerprint density at radius 3 is 3.11 bits per heavy atom. The van der Waals surface area contributed by atoms with Gasteiger partial charge in [0.25, 0.3) is 0 Å². The van der Waals surface area contributed by atoms with Crippen molar-refractivity contribution in [3.63, 3.8) is 0 Å². The number of hydrogen-bond acceptors (Lipinski definition) is 5. The van der Waals surface area contributed by atoms with Crippen molar-refractivity contribution in [1.29, 1.82) is 0 Å². The molecule has 2 atom stereocenters. The fourth-order valence-corrected chi connectivity index (χ4v) is 3.25. The molecule has 0 bridgehead atoms. The Hall–Kier alpha value is -0.980. The predicted molar refractivity (Wildman–Crippen MR) is 66.9 cm³/mol. The Kier molecular flexibility index (Phi) is 3.09. The maximum absolute atomic E-state index is 9.65. The number of aliphatic hydroxyl groups is 1. The first kappa shape index (κ1) is 12.1. The highest BCUT2D eigenvalue weighted by Crippen LogP contribution is 2.38. The molecule has 0 aliphatic carbocycles. The van der Waals surface area contributed by atoms with E-state index in [9.17, 15) is 5.11 Å². The van der Waals surface area contributed by atoms with E-state index in [0.29, 0.717) is 5.92 Å². The maximum atomic E-state index is 9.65. The molecule has 2 aliphatic heterocycles. The van der Waals surface area contributed by atoms with Crippen molar-refractivity contribution in [2.45, 2.75) is 19.9 Å². The van der Waals surface area contributed by atoms with E-state index >= 15 is 0 Å². The lowest BCUT2D eigenvalue weighted by Crippen LogP contribution is -2.35. The highest BCUT2D eigenvalue weighted by atomic mass is 16.3. The molecule has 3 N–H and O–H groups in total. The molecule has 1 aromatic rings. The Balaban J connectivity index is 1.65. The number of fused-ring (bicyclic) bond motifs is 1. The van der Waals surface area contributed by atoms with Crippen LogP contribution in [0.25, 0.3) is 0 Å². The van der Waals surface area contributed by atoms with Gasteiger partial charge >= 0.3 is 0 Å². The quantitative estimate of drug-likeness (QED) is 0.665. The summed E-state index contributed by atoms with van der Waals surface area (Å²) in [4.78, 5) is 6.82. The number of aliphatic hydroxyl groups excluding tert-OH is 1. The normalized spacial score (nSPS) is 32.0. The van der Waals surface area contributed by atoms with Crippen LogP contribution in [0.5, 0.6) is 0 Å². The zero-order valence-electron chi connectivity index (χ0n) is 10.8. The van der Waals surface area contributed by atoms with Crippen molar-refractivity contribution in [1.82, 2.24) is 25.4 Å². The van der Waals surface area contributed by atoms with Crippen molar-refractivity contribution in [3.8, 4) is 0 Å². The molecular weight excluding hydrogens is 230 g/mol. The molecule has 2 aliphatic rings. The molecule has 18 heavy (non-hydrogen) atoms. The third kappa shape index (κ3) is 1.94. The molecule has 3 rings (SSSR count). The van der Waals surface area contributed by atoms with E-state index in [2.05, 4.69) is 32.3 Å². The molecule has 1 aromatic heterocycles. The molecule has 0 amide bonds. The van der Waals surface area contributed by atoms with Crippen LogP contribution in [0.3, 0.4) is 0 Å². The zero-order valence-corrected chi connectivity index (χ0v) is 10.8. The van der Waals surface area contributed by atoms with Gasteiger partial charge in [-0.3, -0.25) is 10.00 Å². The number of aryl methyl sites for hydroxylation is 1. The summed E-state index contributed by atoms with van der Waals surface area (Å²) in [6, 6.07) is 0. The van der Waals surface area contributed by atoms with Gasteiger partial charge in [0.05, 0.1) is 13.2 Å². The fraction of sp³-hybridized carbons (Fsp3) is 0.833. The van der Waals surface area contributed by atoms with Crippen LogP contribution in [0.2, 0.25) is 0 Å². The molecule has 0 saturated carbocycles. The smallest absolute Gasteiger partial charge is 0.150 e. The van der Waals surface area contributed by atoms with E-state index in [4.69, 9.17) is 0 Å². The molecule has 0 radical (unpaired) electrons. The average Bonchev–Trinajstić information content (AvgIpc) is 3.02. The minimum Gasteiger partial charge on any atom is -0.396 e. The van der Waals surface area contributed by atoms with Crippen molar-refractivity contribution in [2.24, 2.45) is 11.3 Å². The second kappa shape index (κ2) is 4.60. The van der Waals surface area contributed by atoms with E-state index in [0.717, 1.165) is 50.8 Å². The van der Waals surface area contributed by atoms with Crippen molar-refractivity contribution >= 4 is 0 Å². The zero-order chi connectivity index (χ0) is 12.6. The number of rotatable bonds is 4. The summed E-state index contributed by atoms with van der Waals surface area (Å²) < 4.78 is 0. The molecule has 2 fully saturated rings. The second-order valence-electron chi connectivity index (χ2n) is 5.57. The molecule has 3 heterocycles. The third-order valence-corrected chi connectivity index (χ3v) is 4.33. The highest BCUT2D eigenvalue weighted by molar-refractivity contribution is 5.04. The number of H-pyrrole nitrogens is 1. The summed E-state index contributed by atoms with van der Waals surface area (Å²) in [5, 5.41) is 20.2. The Morgan fingerprint density at radius 1 is 1.56 bits per heavy atom. The average molecular weight is 251 g/mol. The Morgan fingerprint density at radius 2 is 2.44 bits per heavy atom. The second-order valence-corrected chi connectivity index (χ2v) is 5.57. The van der Waals surface area contributed by atoms with Crippen LogP contribution < -0.4 is 5.32 Å². The van der Waals surface area contributed by atoms with Gasteiger partial charge in [-0.15, -0.1) is 0 Å². The monoisotopic (exact) mass is 251 g/mol. The summed E-state index contributed by atoms with van der Waals surface area (Å²) in [5.41, 5.74) is 0.0631. The van der Waals surface area contributed by atoms with Gasteiger partial charge in [0, 0.05) is 31.5 Å². The van der Waals surface area contributed by atoms with Gasteiger partial charge in [0.2, 0.25) is 0 Å². The number of aromatic nitrogens is 3. The van der Waals surface area contributed by atoms with E-state index < -0.39 is 0 Å². The lowest BCUT2D eigenvalue weighted by Gasteiger charge is -2.25. The molecular formula is C12H21N5O. The molecule has 2 unspecified atom stereocenters. The van der Waals surface area contributed by atoms with Gasteiger partial charge in [0.1, 0.15) is 11.6 Å². The summed E-state index contributed by atoms with van der Waals surface area (Å²) >= 11 is 0. The van der Waals surface area contributed by atoms with Gasteiger partial charge in [0.15, 0.2) is 0 Å². The van der Waals surface area contributed by atoms with Crippen LogP contribution >= 0.6 is 0 Å². The van der Waals surface area contributed by atoms with Crippen LogP contribution in [0.15, 0.2) is 0 Å². The lowest BCUT2D eigenvalue weighted by atomic mass is 9.82. The summed E-state index contributed by atoms with van der Waals surface area (Å²) in [6.07, 6.45) is 0.865. The van der Waals surface area contributed by atoms with Gasteiger partial charge in [-0.25, -0.2) is 4.98 Å². The van der Waals surface area contributed by atoms with Crippen LogP contribution in [0.4, 0.5) is 0 Å². The van der Waals surface area contributed by atoms with Crippen LogP contribution in [0.1, 0.15) is 18.6 Å². The van der Waals surface area contributed by atoms with Gasteiger partial charge in [-0.1, -0.05) is 6.92 Å². The largest absolute Gasteiger partial charge is 0.396 e. The van der Waals surface area contributed by atoms with Gasteiger partial charge in [-0.2, -0.15) is 5.10 Å². The minimum atomic E-state index is 0.0631. The standard InChI is InChI=1S/C12H21N5O/c1-2-10-14-11(16-15-10)5-17-4-9-3-13-6-12(9,7-17)8-18/h9,13,18H,2-8H2,1H3,(H,14,15,16). The number of nitrogens with zero attached hydrogens (tertiary/aromatic N) is 3. The molecule has 6 nitrogen and oxygen atoms in total. The first-order chi connectivity index (χ1) is 8.75. The fourth-order valence-electron chi connectivity index (χ4n) is 3.25. The minimum absolute atomic E-state index is 0.0631. The molecule has 100 valence electrons. The third-order valence-electron chi connectivity index (χ3n) is 4.33. The molecule has 6 heteroatoms. The molecule has 2 saturated heterocycles.